The molecule has 0 fully saturated rings. The average molecular weight is 241 g/mol. The van der Waals surface area contributed by atoms with Crippen LogP contribution in [-0.2, 0) is 0 Å². The molecular formula is C10H6ClFN2O2. The summed E-state index contributed by atoms with van der Waals surface area (Å²) in [6, 6.07) is 4.92. The lowest BCUT2D eigenvalue weighted by Gasteiger charge is -2.03. The summed E-state index contributed by atoms with van der Waals surface area (Å²) in [5.41, 5.74) is 0.0951. The lowest BCUT2D eigenvalue weighted by atomic mass is 10.2. The van der Waals surface area contributed by atoms with Gasteiger partial charge in [0, 0.05) is 6.07 Å². The van der Waals surface area contributed by atoms with E-state index in [-0.39, 0.29) is 16.5 Å². The van der Waals surface area contributed by atoms with E-state index in [0.29, 0.717) is 0 Å². The predicted molar refractivity (Wildman–Crippen MR) is 55.0 cm³/mol. The number of carbonyl (C=O) groups excluding carboxylic acids is 1. The topological polar surface area (TPSA) is 55.0 Å². The summed E-state index contributed by atoms with van der Waals surface area (Å²) in [6.45, 7) is 0. The van der Waals surface area contributed by atoms with Gasteiger partial charge in [-0.3, -0.25) is 0 Å². The molecule has 16 heavy (non-hydrogen) atoms. The molecule has 0 bridgehead atoms. The second-order valence-electron chi connectivity index (χ2n) is 2.93. The van der Waals surface area contributed by atoms with Crippen LogP contribution in [0.15, 0.2) is 30.5 Å². The number of nitrogens with zero attached hydrogens (tertiary/aromatic N) is 1. The van der Waals surface area contributed by atoms with E-state index >= 15 is 0 Å². The van der Waals surface area contributed by atoms with Gasteiger partial charge in [0.2, 0.25) is 5.88 Å². The largest absolute Gasteiger partial charge is 0.404 e. The Balaban J connectivity index is 2.21. The molecular weight excluding hydrogens is 235 g/mol. The maximum atomic E-state index is 12.7. The smallest absolute Gasteiger partial charge is 0.346 e. The van der Waals surface area contributed by atoms with Crippen LogP contribution in [0.1, 0.15) is 10.4 Å². The maximum absolute atomic E-state index is 12.7. The van der Waals surface area contributed by atoms with Gasteiger partial charge in [0.05, 0.1) is 16.8 Å². The van der Waals surface area contributed by atoms with E-state index < -0.39 is 11.8 Å². The monoisotopic (exact) mass is 240 g/mol. The fraction of sp³-hybridized carbons (Fsp3) is 0. The Hall–Kier alpha value is -1.88. The number of esters is 1. The van der Waals surface area contributed by atoms with E-state index in [1.165, 1.54) is 18.3 Å². The summed E-state index contributed by atoms with van der Waals surface area (Å²) in [7, 11) is 0. The fourth-order valence-electron chi connectivity index (χ4n) is 1.11. The number of halogens is 2. The Morgan fingerprint density at radius 2 is 2.25 bits per heavy atom. The van der Waals surface area contributed by atoms with Crippen molar-refractivity contribution in [3.8, 4) is 5.88 Å². The molecule has 0 aliphatic heterocycles. The molecule has 0 unspecified atom stereocenters. The van der Waals surface area contributed by atoms with Gasteiger partial charge in [0.1, 0.15) is 5.82 Å². The number of benzene rings is 1. The van der Waals surface area contributed by atoms with Gasteiger partial charge >= 0.3 is 5.97 Å². The zero-order chi connectivity index (χ0) is 11.5. The minimum atomic E-state index is -0.672. The van der Waals surface area contributed by atoms with E-state index in [2.05, 4.69) is 10.2 Å². The number of rotatable bonds is 2. The van der Waals surface area contributed by atoms with Gasteiger partial charge < -0.3 is 4.74 Å². The number of aromatic amines is 1. The highest BCUT2D eigenvalue weighted by atomic mass is 35.5. The van der Waals surface area contributed by atoms with Crippen molar-refractivity contribution in [3.05, 3.63) is 46.9 Å². The molecule has 0 saturated carbocycles. The third-order valence-electron chi connectivity index (χ3n) is 1.83. The first kappa shape index (κ1) is 10.6. The number of ether oxygens (including phenoxy) is 1. The fourth-order valence-corrected chi connectivity index (χ4v) is 1.35. The Morgan fingerprint density at radius 1 is 1.44 bits per heavy atom. The maximum Gasteiger partial charge on any atom is 0.346 e. The van der Waals surface area contributed by atoms with Crippen LogP contribution in [-0.4, -0.2) is 16.2 Å². The van der Waals surface area contributed by atoms with Crippen molar-refractivity contribution < 1.29 is 13.9 Å². The molecule has 0 amide bonds. The molecule has 1 heterocycles. The van der Waals surface area contributed by atoms with Gasteiger partial charge in [-0.1, -0.05) is 11.6 Å². The van der Waals surface area contributed by atoms with Crippen LogP contribution in [0.4, 0.5) is 4.39 Å². The van der Waals surface area contributed by atoms with Gasteiger partial charge in [0.15, 0.2) is 0 Å². The number of carbonyl (C=O) groups is 1. The van der Waals surface area contributed by atoms with Crippen molar-refractivity contribution in [2.24, 2.45) is 0 Å². The van der Waals surface area contributed by atoms with E-state index in [0.717, 1.165) is 12.1 Å². The Labute approximate surface area is 95.0 Å². The SMILES string of the molecule is O=C(Oc1ccn[nH]1)c1ccc(F)cc1Cl. The van der Waals surface area contributed by atoms with Gasteiger partial charge in [-0.2, -0.15) is 5.10 Å². The van der Waals surface area contributed by atoms with Crippen molar-refractivity contribution in [3.63, 3.8) is 0 Å². The van der Waals surface area contributed by atoms with Crippen LogP contribution in [0, 0.1) is 5.82 Å². The predicted octanol–water partition coefficient (Wildman–Crippen LogP) is 2.42. The summed E-state index contributed by atoms with van der Waals surface area (Å²) >= 11 is 5.70. The van der Waals surface area contributed by atoms with Crippen LogP contribution in [0.5, 0.6) is 5.88 Å². The number of aromatic nitrogens is 2. The molecule has 0 spiro atoms. The summed E-state index contributed by atoms with van der Waals surface area (Å²) < 4.78 is 17.6. The minimum Gasteiger partial charge on any atom is -0.404 e. The van der Waals surface area contributed by atoms with Crippen molar-refractivity contribution >= 4 is 17.6 Å². The molecule has 0 saturated heterocycles. The zero-order valence-electron chi connectivity index (χ0n) is 7.91. The number of H-pyrrole nitrogens is 1. The van der Waals surface area contributed by atoms with Crippen molar-refractivity contribution in [1.29, 1.82) is 0 Å². The molecule has 0 atom stereocenters. The third kappa shape index (κ3) is 2.20. The lowest BCUT2D eigenvalue weighted by Crippen LogP contribution is -2.09. The van der Waals surface area contributed by atoms with Crippen LogP contribution < -0.4 is 4.74 Å². The second kappa shape index (κ2) is 4.32. The third-order valence-corrected chi connectivity index (χ3v) is 2.14. The number of hydrogen-bond donors (Lipinski definition) is 1. The van der Waals surface area contributed by atoms with Crippen LogP contribution >= 0.6 is 11.6 Å². The first-order valence-electron chi connectivity index (χ1n) is 4.33. The molecule has 6 heteroatoms. The molecule has 0 radical (unpaired) electrons. The number of hydrogen-bond acceptors (Lipinski definition) is 3. The van der Waals surface area contributed by atoms with Gasteiger partial charge in [-0.05, 0) is 18.2 Å². The summed E-state index contributed by atoms with van der Waals surface area (Å²) in [6.07, 6.45) is 1.44. The Morgan fingerprint density at radius 3 is 2.88 bits per heavy atom. The van der Waals surface area contributed by atoms with Crippen LogP contribution in [0.3, 0.4) is 0 Å². The summed E-state index contributed by atoms with van der Waals surface area (Å²) in [5, 5.41) is 6.07. The van der Waals surface area contributed by atoms with E-state index in [1.807, 2.05) is 0 Å². The van der Waals surface area contributed by atoms with Gasteiger partial charge in [0.25, 0.3) is 0 Å². The molecule has 2 aromatic rings. The molecule has 1 aromatic carbocycles. The molecule has 2 rings (SSSR count). The van der Waals surface area contributed by atoms with Gasteiger partial charge in [-0.15, -0.1) is 0 Å². The second-order valence-corrected chi connectivity index (χ2v) is 3.34. The standard InChI is InChI=1S/C10H6ClFN2O2/c11-8-5-6(12)1-2-7(8)10(15)16-9-3-4-13-14-9/h1-5H,(H,13,14). The highest BCUT2D eigenvalue weighted by Crippen LogP contribution is 2.18. The Kier molecular flexibility index (Phi) is 2.87. The van der Waals surface area contributed by atoms with Crippen molar-refractivity contribution in [2.75, 3.05) is 0 Å². The van der Waals surface area contributed by atoms with Crippen molar-refractivity contribution in [1.82, 2.24) is 10.2 Å². The van der Waals surface area contributed by atoms with E-state index in [1.54, 1.807) is 0 Å². The van der Waals surface area contributed by atoms with Gasteiger partial charge in [-0.25, -0.2) is 14.3 Å². The van der Waals surface area contributed by atoms with Crippen molar-refractivity contribution in [2.45, 2.75) is 0 Å². The molecule has 4 nitrogen and oxygen atoms in total. The highest BCUT2D eigenvalue weighted by Gasteiger charge is 2.13. The quantitative estimate of drug-likeness (QED) is 0.821. The molecule has 1 aromatic heterocycles. The normalized spacial score (nSPS) is 10.1. The lowest BCUT2D eigenvalue weighted by molar-refractivity contribution is 0.0727. The summed E-state index contributed by atoms with van der Waals surface area (Å²) in [4.78, 5) is 11.6. The van der Waals surface area contributed by atoms with Crippen LogP contribution in [0.2, 0.25) is 5.02 Å². The van der Waals surface area contributed by atoms with Crippen LogP contribution in [0.25, 0.3) is 0 Å². The first-order valence-corrected chi connectivity index (χ1v) is 4.71. The number of nitrogens with one attached hydrogen (secondary N) is 1. The Bertz CT molecular complexity index is 514. The molecule has 1 N–H and O–H groups in total. The molecule has 0 aliphatic carbocycles. The van der Waals surface area contributed by atoms with E-state index in [9.17, 15) is 9.18 Å². The molecule has 0 aliphatic rings. The molecule has 82 valence electrons. The zero-order valence-corrected chi connectivity index (χ0v) is 8.66. The summed E-state index contributed by atoms with van der Waals surface area (Å²) in [5.74, 6) is -0.984. The minimum absolute atomic E-state index is 0.00418. The van der Waals surface area contributed by atoms with E-state index in [4.69, 9.17) is 16.3 Å². The average Bonchev–Trinajstić information content (AvgIpc) is 2.70. The first-order chi connectivity index (χ1) is 7.66. The highest BCUT2D eigenvalue weighted by molar-refractivity contribution is 6.33.